The summed E-state index contributed by atoms with van der Waals surface area (Å²) < 4.78 is 28.3. The first-order chi connectivity index (χ1) is 9.88. The molecule has 1 aliphatic heterocycles. The molecule has 0 spiro atoms. The lowest BCUT2D eigenvalue weighted by molar-refractivity contribution is -0.119. The number of halogens is 2. The van der Waals surface area contributed by atoms with Gasteiger partial charge in [-0.05, 0) is 12.1 Å². The summed E-state index contributed by atoms with van der Waals surface area (Å²) in [5.41, 5.74) is -0.230. The van der Waals surface area contributed by atoms with Crippen LogP contribution in [0.3, 0.4) is 0 Å². The molecule has 1 atom stereocenters. The van der Waals surface area contributed by atoms with Crippen LogP contribution < -0.4 is 5.32 Å². The molecule has 1 aromatic carbocycles. The number of rotatable bonds is 4. The third-order valence-corrected chi connectivity index (χ3v) is 3.58. The van der Waals surface area contributed by atoms with E-state index in [1.807, 2.05) is 0 Å². The molecular formula is C13H18F2N2O4. The van der Waals surface area contributed by atoms with Crippen LogP contribution in [-0.4, -0.2) is 64.0 Å². The maximum Gasteiger partial charge on any atom is 0.290 e. The molecule has 0 aliphatic carbocycles. The molecule has 21 heavy (non-hydrogen) atoms. The van der Waals surface area contributed by atoms with Gasteiger partial charge in [-0.3, -0.25) is 4.90 Å². The van der Waals surface area contributed by atoms with Crippen LogP contribution in [0.2, 0.25) is 0 Å². The molecule has 0 bridgehead atoms. The summed E-state index contributed by atoms with van der Waals surface area (Å²) in [5, 5.41) is 40.7. The van der Waals surface area contributed by atoms with Gasteiger partial charge < -0.3 is 25.7 Å². The van der Waals surface area contributed by atoms with E-state index in [9.17, 15) is 24.1 Å². The molecule has 8 heteroatoms. The number of phenols is 3. The second-order valence-corrected chi connectivity index (χ2v) is 4.98. The van der Waals surface area contributed by atoms with Crippen molar-refractivity contribution in [2.75, 3.05) is 32.8 Å². The van der Waals surface area contributed by atoms with Gasteiger partial charge in [-0.1, -0.05) is 0 Å². The topological polar surface area (TPSA) is 96.2 Å². The average Bonchev–Trinajstić information content (AvgIpc) is 2.48. The molecule has 0 amide bonds. The molecule has 5 N–H and O–H groups in total. The summed E-state index contributed by atoms with van der Waals surface area (Å²) in [6.07, 6.45) is 0. The predicted molar refractivity (Wildman–Crippen MR) is 70.7 cm³/mol. The van der Waals surface area contributed by atoms with Gasteiger partial charge in [0.2, 0.25) is 5.75 Å². The number of hydrogen-bond acceptors (Lipinski definition) is 6. The molecule has 0 saturated carbocycles. The van der Waals surface area contributed by atoms with Crippen molar-refractivity contribution in [1.82, 2.24) is 10.2 Å². The summed E-state index contributed by atoms with van der Waals surface area (Å²) in [7, 11) is 0. The molecule has 1 aromatic rings. The summed E-state index contributed by atoms with van der Waals surface area (Å²) >= 11 is 0. The highest BCUT2D eigenvalue weighted by Crippen LogP contribution is 2.46. The molecule has 2 rings (SSSR count). The van der Waals surface area contributed by atoms with Gasteiger partial charge >= 0.3 is 0 Å². The first-order valence-corrected chi connectivity index (χ1v) is 6.55. The fourth-order valence-corrected chi connectivity index (χ4v) is 2.52. The number of aliphatic hydroxyl groups is 1. The van der Waals surface area contributed by atoms with Crippen LogP contribution in [0.25, 0.3) is 0 Å². The predicted octanol–water partition coefficient (Wildman–Crippen LogP) is 0.377. The minimum absolute atomic E-state index is 0.230. The van der Waals surface area contributed by atoms with Gasteiger partial charge in [0.1, 0.15) is 12.6 Å². The van der Waals surface area contributed by atoms with E-state index < -0.39 is 35.8 Å². The van der Waals surface area contributed by atoms with E-state index in [0.29, 0.717) is 26.2 Å². The number of aromatic hydroxyl groups is 3. The lowest BCUT2D eigenvalue weighted by atomic mass is 9.96. The molecule has 6 nitrogen and oxygen atoms in total. The molecule has 118 valence electrons. The van der Waals surface area contributed by atoms with Crippen LogP contribution in [0.4, 0.5) is 8.78 Å². The van der Waals surface area contributed by atoms with E-state index in [0.717, 1.165) is 12.1 Å². The van der Waals surface area contributed by atoms with Crippen LogP contribution in [-0.2, 0) is 0 Å². The standard InChI is InChI=1S/C13H18F2N2O4/c14-13(15,7-18)12(17-5-3-16-4-6-17)8-1-2-9(19)11(21)10(8)20/h1-2,12,16,18-21H,3-7H2/t12-/m0/s1. The smallest absolute Gasteiger partial charge is 0.290 e. The van der Waals surface area contributed by atoms with Gasteiger partial charge in [0.05, 0.1) is 0 Å². The highest BCUT2D eigenvalue weighted by atomic mass is 19.3. The average molecular weight is 304 g/mol. The SMILES string of the molecule is OCC(F)(F)[C@H](c1ccc(O)c(O)c1O)N1CCNCC1. The number of nitrogens with one attached hydrogen (secondary N) is 1. The Morgan fingerprint density at radius 2 is 1.76 bits per heavy atom. The highest BCUT2D eigenvalue weighted by molar-refractivity contribution is 5.54. The summed E-state index contributed by atoms with van der Waals surface area (Å²) in [5.74, 6) is -5.74. The summed E-state index contributed by atoms with van der Waals surface area (Å²) in [4.78, 5) is 1.43. The molecule has 0 unspecified atom stereocenters. The minimum atomic E-state index is -3.50. The first kappa shape index (κ1) is 15.7. The Morgan fingerprint density at radius 1 is 1.14 bits per heavy atom. The second-order valence-electron chi connectivity index (χ2n) is 4.98. The zero-order valence-corrected chi connectivity index (χ0v) is 11.3. The van der Waals surface area contributed by atoms with Gasteiger partial charge in [0, 0.05) is 31.7 Å². The molecule has 1 saturated heterocycles. The largest absolute Gasteiger partial charge is 0.504 e. The van der Waals surface area contributed by atoms with E-state index in [2.05, 4.69) is 5.32 Å². The van der Waals surface area contributed by atoms with Crippen molar-refractivity contribution in [3.8, 4) is 17.2 Å². The number of aliphatic hydroxyl groups excluding tert-OH is 1. The lowest BCUT2D eigenvalue weighted by Crippen LogP contribution is -2.51. The lowest BCUT2D eigenvalue weighted by Gasteiger charge is -2.39. The van der Waals surface area contributed by atoms with Gasteiger partial charge in [0.25, 0.3) is 5.92 Å². The zero-order valence-electron chi connectivity index (χ0n) is 11.3. The normalized spacial score (nSPS) is 18.6. The molecular weight excluding hydrogens is 286 g/mol. The van der Waals surface area contributed by atoms with Crippen LogP contribution in [0.1, 0.15) is 11.6 Å². The van der Waals surface area contributed by atoms with E-state index in [4.69, 9.17) is 5.11 Å². The van der Waals surface area contributed by atoms with Crippen LogP contribution in [0, 0.1) is 0 Å². The van der Waals surface area contributed by atoms with Crippen molar-refractivity contribution in [2.24, 2.45) is 0 Å². The third kappa shape index (κ3) is 3.02. The summed E-state index contributed by atoms with van der Waals surface area (Å²) in [6.45, 7) is 0.233. The highest BCUT2D eigenvalue weighted by Gasteiger charge is 2.45. The number of nitrogens with zero attached hydrogens (tertiary/aromatic N) is 1. The monoisotopic (exact) mass is 304 g/mol. The number of phenolic OH excluding ortho intramolecular Hbond substituents is 3. The fourth-order valence-electron chi connectivity index (χ4n) is 2.52. The van der Waals surface area contributed by atoms with E-state index in [1.165, 1.54) is 4.90 Å². The maximum absolute atomic E-state index is 14.1. The maximum atomic E-state index is 14.1. The summed E-state index contributed by atoms with van der Waals surface area (Å²) in [6, 6.07) is 0.573. The number of alkyl halides is 2. The van der Waals surface area contributed by atoms with Crippen molar-refractivity contribution in [1.29, 1.82) is 0 Å². The van der Waals surface area contributed by atoms with Crippen molar-refractivity contribution in [3.63, 3.8) is 0 Å². The van der Waals surface area contributed by atoms with Crippen molar-refractivity contribution >= 4 is 0 Å². The van der Waals surface area contributed by atoms with Gasteiger partial charge in [-0.2, -0.15) is 0 Å². The van der Waals surface area contributed by atoms with E-state index in [-0.39, 0.29) is 5.56 Å². The number of benzene rings is 1. The quantitative estimate of drug-likeness (QED) is 0.516. The Kier molecular flexibility index (Phi) is 4.50. The van der Waals surface area contributed by atoms with E-state index in [1.54, 1.807) is 0 Å². The van der Waals surface area contributed by atoms with Crippen LogP contribution >= 0.6 is 0 Å². The zero-order chi connectivity index (χ0) is 15.6. The first-order valence-electron chi connectivity index (χ1n) is 6.55. The molecule has 0 aromatic heterocycles. The Labute approximate surface area is 120 Å². The van der Waals surface area contributed by atoms with Crippen LogP contribution in [0.15, 0.2) is 12.1 Å². The van der Waals surface area contributed by atoms with Crippen molar-refractivity contribution in [3.05, 3.63) is 17.7 Å². The molecule has 1 heterocycles. The van der Waals surface area contributed by atoms with E-state index >= 15 is 0 Å². The van der Waals surface area contributed by atoms with Crippen molar-refractivity contribution < 1.29 is 29.2 Å². The fraction of sp³-hybridized carbons (Fsp3) is 0.538. The number of piperazine rings is 1. The van der Waals surface area contributed by atoms with Crippen molar-refractivity contribution in [2.45, 2.75) is 12.0 Å². The second kappa shape index (κ2) is 6.00. The minimum Gasteiger partial charge on any atom is -0.504 e. The Balaban J connectivity index is 2.47. The molecule has 0 radical (unpaired) electrons. The Bertz CT molecular complexity index is 507. The Hall–Kier alpha value is -1.64. The Morgan fingerprint density at radius 3 is 2.33 bits per heavy atom. The molecule has 1 aliphatic rings. The van der Waals surface area contributed by atoms with Gasteiger partial charge in [0.15, 0.2) is 11.5 Å². The number of hydrogen-bond donors (Lipinski definition) is 5. The van der Waals surface area contributed by atoms with Crippen LogP contribution in [0.5, 0.6) is 17.2 Å². The van der Waals surface area contributed by atoms with Gasteiger partial charge in [-0.15, -0.1) is 0 Å². The van der Waals surface area contributed by atoms with Gasteiger partial charge in [-0.25, -0.2) is 8.78 Å². The molecule has 1 fully saturated rings. The third-order valence-electron chi connectivity index (χ3n) is 3.58.